The van der Waals surface area contributed by atoms with Crippen molar-refractivity contribution in [1.29, 1.82) is 0 Å². The van der Waals surface area contributed by atoms with Gasteiger partial charge in [0.15, 0.2) is 0 Å². The zero-order valence-electron chi connectivity index (χ0n) is 9.52. The minimum absolute atomic E-state index is 0.0204. The summed E-state index contributed by atoms with van der Waals surface area (Å²) < 4.78 is 0.115. The SMILES string of the molecule is CC(C)(C)SCc1ncc(C(=O)O)c(N)n1. The molecule has 5 nitrogen and oxygen atoms in total. The van der Waals surface area contributed by atoms with Crippen molar-refractivity contribution in [1.82, 2.24) is 9.97 Å². The quantitative estimate of drug-likeness (QED) is 0.838. The highest BCUT2D eigenvalue weighted by Gasteiger charge is 2.14. The Balaban J connectivity index is 2.78. The van der Waals surface area contributed by atoms with Gasteiger partial charge in [-0.25, -0.2) is 14.8 Å². The lowest BCUT2D eigenvalue weighted by Crippen LogP contribution is -2.11. The summed E-state index contributed by atoms with van der Waals surface area (Å²) in [7, 11) is 0. The van der Waals surface area contributed by atoms with Crippen molar-refractivity contribution in [2.24, 2.45) is 0 Å². The minimum atomic E-state index is -1.10. The van der Waals surface area contributed by atoms with Crippen LogP contribution in [0.4, 0.5) is 5.82 Å². The molecule has 16 heavy (non-hydrogen) atoms. The van der Waals surface area contributed by atoms with Crippen molar-refractivity contribution < 1.29 is 9.90 Å². The van der Waals surface area contributed by atoms with E-state index in [0.29, 0.717) is 11.6 Å². The maximum absolute atomic E-state index is 10.7. The summed E-state index contributed by atoms with van der Waals surface area (Å²) >= 11 is 1.68. The second-order valence-electron chi connectivity index (χ2n) is 4.29. The van der Waals surface area contributed by atoms with E-state index in [1.807, 2.05) is 0 Å². The molecule has 1 aromatic heterocycles. The molecule has 0 aromatic carbocycles. The van der Waals surface area contributed by atoms with Crippen LogP contribution in [0.25, 0.3) is 0 Å². The lowest BCUT2D eigenvalue weighted by atomic mass is 10.3. The van der Waals surface area contributed by atoms with Crippen LogP contribution in [0.2, 0.25) is 0 Å². The van der Waals surface area contributed by atoms with Crippen molar-refractivity contribution >= 4 is 23.5 Å². The summed E-state index contributed by atoms with van der Waals surface area (Å²) in [6.45, 7) is 6.27. The van der Waals surface area contributed by atoms with E-state index in [2.05, 4.69) is 30.7 Å². The number of hydrogen-bond acceptors (Lipinski definition) is 5. The van der Waals surface area contributed by atoms with Crippen LogP contribution in [-0.4, -0.2) is 25.8 Å². The highest BCUT2D eigenvalue weighted by atomic mass is 32.2. The van der Waals surface area contributed by atoms with Gasteiger partial charge in [-0.1, -0.05) is 20.8 Å². The molecule has 0 aliphatic heterocycles. The van der Waals surface area contributed by atoms with Crippen LogP contribution in [0.5, 0.6) is 0 Å². The molecule has 1 heterocycles. The van der Waals surface area contributed by atoms with Crippen LogP contribution >= 0.6 is 11.8 Å². The largest absolute Gasteiger partial charge is 0.477 e. The average molecular weight is 241 g/mol. The summed E-state index contributed by atoms with van der Waals surface area (Å²) in [6, 6.07) is 0. The molecule has 6 heteroatoms. The minimum Gasteiger partial charge on any atom is -0.477 e. The fourth-order valence-corrected chi connectivity index (χ4v) is 1.65. The highest BCUT2D eigenvalue weighted by Crippen LogP contribution is 2.26. The number of anilines is 1. The molecule has 0 amide bonds. The number of nitrogens with zero attached hydrogens (tertiary/aromatic N) is 2. The van der Waals surface area contributed by atoms with E-state index in [9.17, 15) is 4.79 Å². The van der Waals surface area contributed by atoms with E-state index in [-0.39, 0.29) is 16.1 Å². The number of rotatable bonds is 3. The van der Waals surface area contributed by atoms with Gasteiger partial charge in [-0.15, -0.1) is 11.8 Å². The van der Waals surface area contributed by atoms with E-state index in [0.717, 1.165) is 0 Å². The van der Waals surface area contributed by atoms with Gasteiger partial charge >= 0.3 is 5.97 Å². The average Bonchev–Trinajstić information content (AvgIpc) is 2.13. The van der Waals surface area contributed by atoms with Crippen molar-refractivity contribution in [3.8, 4) is 0 Å². The van der Waals surface area contributed by atoms with Gasteiger partial charge in [0.2, 0.25) is 0 Å². The van der Waals surface area contributed by atoms with E-state index >= 15 is 0 Å². The summed E-state index contributed by atoms with van der Waals surface area (Å²) in [6.07, 6.45) is 1.25. The first-order valence-electron chi connectivity index (χ1n) is 4.78. The predicted molar refractivity (Wildman–Crippen MR) is 64.5 cm³/mol. The molecule has 0 saturated heterocycles. The fraction of sp³-hybridized carbons (Fsp3) is 0.500. The van der Waals surface area contributed by atoms with Crippen LogP contribution in [-0.2, 0) is 5.75 Å². The Bertz CT molecular complexity index is 402. The van der Waals surface area contributed by atoms with Gasteiger partial charge in [-0.05, 0) is 0 Å². The molecule has 1 aromatic rings. The van der Waals surface area contributed by atoms with E-state index in [1.54, 1.807) is 11.8 Å². The topological polar surface area (TPSA) is 89.1 Å². The van der Waals surface area contributed by atoms with Gasteiger partial charge in [0.1, 0.15) is 17.2 Å². The third-order valence-electron chi connectivity index (χ3n) is 1.73. The Labute approximate surface area is 98.5 Å². The van der Waals surface area contributed by atoms with E-state index in [1.165, 1.54) is 6.20 Å². The number of aromatic nitrogens is 2. The number of thioether (sulfide) groups is 1. The van der Waals surface area contributed by atoms with E-state index in [4.69, 9.17) is 10.8 Å². The van der Waals surface area contributed by atoms with Crippen LogP contribution < -0.4 is 5.73 Å². The molecular weight excluding hydrogens is 226 g/mol. The number of carboxylic acid groups (broad SMARTS) is 1. The molecule has 0 radical (unpaired) electrons. The second kappa shape index (κ2) is 4.69. The predicted octanol–water partition coefficient (Wildman–Crippen LogP) is 1.79. The van der Waals surface area contributed by atoms with Crippen molar-refractivity contribution in [2.45, 2.75) is 31.3 Å². The molecule has 0 bridgehead atoms. The lowest BCUT2D eigenvalue weighted by Gasteiger charge is -2.16. The van der Waals surface area contributed by atoms with Gasteiger partial charge in [0.25, 0.3) is 0 Å². The molecule has 0 atom stereocenters. The summed E-state index contributed by atoms with van der Waals surface area (Å²) in [4.78, 5) is 18.6. The summed E-state index contributed by atoms with van der Waals surface area (Å²) in [5, 5.41) is 8.75. The summed E-state index contributed by atoms with van der Waals surface area (Å²) in [5.74, 6) is 0.0927. The first-order chi connectivity index (χ1) is 7.29. The van der Waals surface area contributed by atoms with Crippen molar-refractivity contribution in [3.05, 3.63) is 17.6 Å². The molecule has 88 valence electrons. The van der Waals surface area contributed by atoms with Gasteiger partial charge < -0.3 is 10.8 Å². The zero-order valence-corrected chi connectivity index (χ0v) is 10.3. The molecule has 0 aliphatic carbocycles. The molecule has 0 fully saturated rings. The van der Waals surface area contributed by atoms with Gasteiger partial charge in [-0.2, -0.15) is 0 Å². The number of hydrogen-bond donors (Lipinski definition) is 2. The lowest BCUT2D eigenvalue weighted by molar-refractivity contribution is 0.0697. The van der Waals surface area contributed by atoms with Gasteiger partial charge in [-0.3, -0.25) is 0 Å². The highest BCUT2D eigenvalue weighted by molar-refractivity contribution is 7.99. The first kappa shape index (κ1) is 12.8. The Morgan fingerprint density at radius 3 is 2.62 bits per heavy atom. The molecule has 1 rings (SSSR count). The van der Waals surface area contributed by atoms with E-state index < -0.39 is 5.97 Å². The number of nitrogens with two attached hydrogens (primary N) is 1. The van der Waals surface area contributed by atoms with Crippen LogP contribution in [0.1, 0.15) is 37.0 Å². The Morgan fingerprint density at radius 2 is 2.19 bits per heavy atom. The maximum Gasteiger partial charge on any atom is 0.341 e. The van der Waals surface area contributed by atoms with Crippen molar-refractivity contribution in [3.63, 3.8) is 0 Å². The Kier molecular flexibility index (Phi) is 3.74. The fourth-order valence-electron chi connectivity index (χ4n) is 0.949. The Hall–Kier alpha value is -1.30. The number of carboxylic acids is 1. The Morgan fingerprint density at radius 1 is 1.56 bits per heavy atom. The molecular formula is C10H15N3O2S. The standard InChI is InChI=1S/C10H15N3O2S/c1-10(2,3)16-5-7-12-4-6(9(14)15)8(11)13-7/h4H,5H2,1-3H3,(H,14,15)(H2,11,12,13). The third-order valence-corrected chi connectivity index (χ3v) is 3.00. The monoisotopic (exact) mass is 241 g/mol. The zero-order chi connectivity index (χ0) is 12.3. The van der Waals surface area contributed by atoms with Gasteiger partial charge in [0, 0.05) is 10.9 Å². The smallest absolute Gasteiger partial charge is 0.341 e. The number of aromatic carboxylic acids is 1. The summed E-state index contributed by atoms with van der Waals surface area (Å²) in [5.41, 5.74) is 5.47. The van der Waals surface area contributed by atoms with Crippen LogP contribution in [0, 0.1) is 0 Å². The number of nitrogen functional groups attached to an aromatic ring is 1. The van der Waals surface area contributed by atoms with Crippen LogP contribution in [0.3, 0.4) is 0 Å². The molecule has 0 aliphatic rings. The first-order valence-corrected chi connectivity index (χ1v) is 5.77. The molecule has 0 unspecified atom stereocenters. The van der Waals surface area contributed by atoms with Crippen LogP contribution in [0.15, 0.2) is 6.20 Å². The normalized spacial score (nSPS) is 11.4. The third kappa shape index (κ3) is 3.69. The molecule has 0 spiro atoms. The molecule has 3 N–H and O–H groups in total. The van der Waals surface area contributed by atoms with Gasteiger partial charge in [0.05, 0.1) is 5.75 Å². The maximum atomic E-state index is 10.7. The number of carbonyl (C=O) groups is 1. The van der Waals surface area contributed by atoms with Crippen molar-refractivity contribution in [2.75, 3.05) is 5.73 Å². The molecule has 0 saturated carbocycles. The second-order valence-corrected chi connectivity index (χ2v) is 6.09.